The molecule has 0 radical (unpaired) electrons. The first-order chi connectivity index (χ1) is 7.64. The number of ketones is 1. The predicted molar refractivity (Wildman–Crippen MR) is 63.0 cm³/mol. The highest BCUT2D eigenvalue weighted by molar-refractivity contribution is 5.85. The van der Waals surface area contributed by atoms with Gasteiger partial charge in [0.25, 0.3) is 0 Å². The molecule has 1 fully saturated rings. The second kappa shape index (κ2) is 4.38. The molecular formula is C14H18O2. The quantitative estimate of drug-likeness (QED) is 0.828. The van der Waals surface area contributed by atoms with Crippen molar-refractivity contribution in [3.05, 3.63) is 35.9 Å². The minimum Gasteiger partial charge on any atom is -0.387 e. The van der Waals surface area contributed by atoms with Gasteiger partial charge in [-0.1, -0.05) is 36.8 Å². The molecule has 1 aromatic rings. The van der Waals surface area contributed by atoms with Crippen molar-refractivity contribution in [1.82, 2.24) is 0 Å². The molecule has 1 aliphatic rings. The van der Waals surface area contributed by atoms with E-state index in [0.29, 0.717) is 6.42 Å². The summed E-state index contributed by atoms with van der Waals surface area (Å²) < 4.78 is 0. The Morgan fingerprint density at radius 1 is 1.25 bits per heavy atom. The van der Waals surface area contributed by atoms with Crippen molar-refractivity contribution in [2.45, 2.75) is 38.7 Å². The van der Waals surface area contributed by atoms with Crippen molar-refractivity contribution >= 4 is 5.78 Å². The fourth-order valence-electron chi connectivity index (χ4n) is 2.50. The van der Waals surface area contributed by atoms with Crippen molar-refractivity contribution in [2.75, 3.05) is 0 Å². The van der Waals surface area contributed by atoms with Crippen LogP contribution in [0.3, 0.4) is 0 Å². The van der Waals surface area contributed by atoms with Crippen molar-refractivity contribution in [3.8, 4) is 0 Å². The van der Waals surface area contributed by atoms with E-state index in [9.17, 15) is 9.90 Å². The van der Waals surface area contributed by atoms with E-state index in [-0.39, 0.29) is 5.78 Å². The number of Topliss-reactive ketones (excluding diaryl/α,β-unsaturated/α-hetero) is 1. The Balaban J connectivity index is 2.26. The molecule has 0 heterocycles. The average Bonchev–Trinajstić information content (AvgIpc) is 2.33. The molecule has 86 valence electrons. The molecular weight excluding hydrogens is 200 g/mol. The van der Waals surface area contributed by atoms with E-state index in [0.717, 1.165) is 24.8 Å². The third-order valence-corrected chi connectivity index (χ3v) is 3.71. The standard InChI is InChI=1S/C14H18O2/c1-14(10-6-5-9-12(14)15)13(16)11-7-3-2-4-8-11/h2-4,7-8,13,16H,5-6,9-10H2,1H3/t13?,14-/m0/s1. The molecule has 1 aliphatic carbocycles. The van der Waals surface area contributed by atoms with Crippen LogP contribution in [0.4, 0.5) is 0 Å². The van der Waals surface area contributed by atoms with Gasteiger partial charge in [0.1, 0.15) is 5.78 Å². The van der Waals surface area contributed by atoms with Gasteiger partial charge in [0.2, 0.25) is 0 Å². The maximum Gasteiger partial charge on any atom is 0.141 e. The Kier molecular flexibility index (Phi) is 3.10. The van der Waals surface area contributed by atoms with Gasteiger partial charge in [-0.25, -0.2) is 0 Å². The minimum absolute atomic E-state index is 0.204. The minimum atomic E-state index is -0.665. The second-order valence-corrected chi connectivity index (χ2v) is 4.86. The number of rotatable bonds is 2. The first kappa shape index (κ1) is 11.3. The van der Waals surface area contributed by atoms with Gasteiger partial charge in [-0.05, 0) is 25.3 Å². The first-order valence-corrected chi connectivity index (χ1v) is 5.91. The van der Waals surface area contributed by atoms with Crippen molar-refractivity contribution in [1.29, 1.82) is 0 Å². The van der Waals surface area contributed by atoms with Gasteiger partial charge in [-0.2, -0.15) is 0 Å². The highest BCUT2D eigenvalue weighted by atomic mass is 16.3. The largest absolute Gasteiger partial charge is 0.387 e. The number of aliphatic hydroxyl groups excluding tert-OH is 1. The van der Waals surface area contributed by atoms with E-state index in [1.54, 1.807) is 0 Å². The Bertz CT molecular complexity index is 372. The predicted octanol–water partition coefficient (Wildman–Crippen LogP) is 2.87. The molecule has 2 nitrogen and oxygen atoms in total. The second-order valence-electron chi connectivity index (χ2n) is 4.86. The molecule has 2 atom stereocenters. The molecule has 0 amide bonds. The van der Waals surface area contributed by atoms with Crippen LogP contribution in [0, 0.1) is 5.41 Å². The van der Waals surface area contributed by atoms with Gasteiger partial charge in [0, 0.05) is 6.42 Å². The van der Waals surface area contributed by atoms with Crippen molar-refractivity contribution in [2.24, 2.45) is 5.41 Å². The first-order valence-electron chi connectivity index (χ1n) is 5.91. The molecule has 2 rings (SSSR count). The average molecular weight is 218 g/mol. The summed E-state index contributed by atoms with van der Waals surface area (Å²) in [5.41, 5.74) is 0.264. The van der Waals surface area contributed by atoms with E-state index in [4.69, 9.17) is 0 Å². The molecule has 2 heteroatoms. The van der Waals surface area contributed by atoms with Crippen molar-refractivity contribution < 1.29 is 9.90 Å². The zero-order valence-corrected chi connectivity index (χ0v) is 9.65. The van der Waals surface area contributed by atoms with E-state index in [1.807, 2.05) is 37.3 Å². The van der Waals surface area contributed by atoms with Crippen LogP contribution < -0.4 is 0 Å². The molecule has 0 aliphatic heterocycles. The maximum absolute atomic E-state index is 12.0. The maximum atomic E-state index is 12.0. The highest BCUT2D eigenvalue weighted by Crippen LogP contribution is 2.43. The van der Waals surface area contributed by atoms with Crippen molar-refractivity contribution in [3.63, 3.8) is 0 Å². The topological polar surface area (TPSA) is 37.3 Å². The molecule has 0 saturated heterocycles. The summed E-state index contributed by atoms with van der Waals surface area (Å²) in [5, 5.41) is 10.4. The lowest BCUT2D eigenvalue weighted by molar-refractivity contribution is -0.138. The molecule has 1 aromatic carbocycles. The number of aliphatic hydroxyl groups is 1. The fourth-order valence-corrected chi connectivity index (χ4v) is 2.50. The van der Waals surface area contributed by atoms with Crippen LogP contribution in [0.2, 0.25) is 0 Å². The Morgan fingerprint density at radius 3 is 2.56 bits per heavy atom. The van der Waals surface area contributed by atoms with Gasteiger partial charge in [0.05, 0.1) is 11.5 Å². The van der Waals surface area contributed by atoms with Crippen LogP contribution in [0.1, 0.15) is 44.3 Å². The summed E-state index contributed by atoms with van der Waals surface area (Å²) in [7, 11) is 0. The Labute approximate surface area is 96.3 Å². The molecule has 1 N–H and O–H groups in total. The number of hydrogen-bond donors (Lipinski definition) is 1. The van der Waals surface area contributed by atoms with Gasteiger partial charge >= 0.3 is 0 Å². The summed E-state index contributed by atoms with van der Waals surface area (Å²) in [5.74, 6) is 0.204. The highest BCUT2D eigenvalue weighted by Gasteiger charge is 2.41. The third-order valence-electron chi connectivity index (χ3n) is 3.71. The molecule has 0 spiro atoms. The third kappa shape index (κ3) is 1.90. The van der Waals surface area contributed by atoms with Gasteiger partial charge in [0.15, 0.2) is 0 Å². The van der Waals surface area contributed by atoms with E-state index in [2.05, 4.69) is 0 Å². The van der Waals surface area contributed by atoms with E-state index < -0.39 is 11.5 Å². The zero-order chi connectivity index (χ0) is 11.6. The van der Waals surface area contributed by atoms with E-state index >= 15 is 0 Å². The summed E-state index contributed by atoms with van der Waals surface area (Å²) in [6.07, 6.45) is 2.74. The number of benzene rings is 1. The Hall–Kier alpha value is -1.15. The monoisotopic (exact) mass is 218 g/mol. The van der Waals surface area contributed by atoms with Crippen LogP contribution in [0.25, 0.3) is 0 Å². The summed E-state index contributed by atoms with van der Waals surface area (Å²) in [6, 6.07) is 9.49. The SMILES string of the molecule is C[C@]1(C(O)c2ccccc2)CCCCC1=O. The van der Waals surface area contributed by atoms with Gasteiger partial charge < -0.3 is 5.11 Å². The lowest BCUT2D eigenvalue weighted by Gasteiger charge is -2.36. The van der Waals surface area contributed by atoms with Crippen LogP contribution in [-0.4, -0.2) is 10.9 Å². The molecule has 1 unspecified atom stereocenters. The lowest BCUT2D eigenvalue weighted by atomic mass is 9.69. The number of carbonyl (C=O) groups is 1. The van der Waals surface area contributed by atoms with Gasteiger partial charge in [-0.15, -0.1) is 0 Å². The molecule has 1 saturated carbocycles. The van der Waals surface area contributed by atoms with Crippen LogP contribution in [0.15, 0.2) is 30.3 Å². The summed E-state index contributed by atoms with van der Waals surface area (Å²) in [6.45, 7) is 1.90. The van der Waals surface area contributed by atoms with Crippen LogP contribution in [0.5, 0.6) is 0 Å². The fraction of sp³-hybridized carbons (Fsp3) is 0.500. The molecule has 0 aromatic heterocycles. The lowest BCUT2D eigenvalue weighted by Crippen LogP contribution is -2.37. The molecule has 16 heavy (non-hydrogen) atoms. The van der Waals surface area contributed by atoms with Gasteiger partial charge in [-0.3, -0.25) is 4.79 Å². The van der Waals surface area contributed by atoms with Crippen LogP contribution in [-0.2, 0) is 4.79 Å². The number of hydrogen-bond acceptors (Lipinski definition) is 2. The van der Waals surface area contributed by atoms with E-state index in [1.165, 1.54) is 0 Å². The number of carbonyl (C=O) groups excluding carboxylic acids is 1. The Morgan fingerprint density at radius 2 is 1.94 bits per heavy atom. The normalized spacial score (nSPS) is 27.8. The zero-order valence-electron chi connectivity index (χ0n) is 9.65. The summed E-state index contributed by atoms with van der Waals surface area (Å²) in [4.78, 5) is 12.0. The smallest absolute Gasteiger partial charge is 0.141 e. The molecule has 0 bridgehead atoms. The summed E-state index contributed by atoms with van der Waals surface area (Å²) >= 11 is 0. The van der Waals surface area contributed by atoms with Crippen LogP contribution >= 0.6 is 0 Å².